The zero-order valence-corrected chi connectivity index (χ0v) is 13.3. The van der Waals surface area contributed by atoms with E-state index in [1.165, 1.54) is 0 Å². The summed E-state index contributed by atoms with van der Waals surface area (Å²) in [6.07, 6.45) is 1.93. The fourth-order valence-electron chi connectivity index (χ4n) is 1.99. The van der Waals surface area contributed by atoms with Gasteiger partial charge in [-0.3, -0.25) is 4.79 Å². The molecule has 2 rings (SSSR count). The summed E-state index contributed by atoms with van der Waals surface area (Å²) < 4.78 is 0.952. The van der Waals surface area contributed by atoms with Gasteiger partial charge in [0.15, 0.2) is 0 Å². The highest BCUT2D eigenvalue weighted by Crippen LogP contribution is 2.15. The smallest absolute Gasteiger partial charge is 0.250 e. The number of oxime groups is 1. The molecule has 0 bridgehead atoms. The second-order valence-electron chi connectivity index (χ2n) is 4.68. The number of nitrogens with zero attached hydrogens (tertiary/aromatic N) is 1. The van der Waals surface area contributed by atoms with Crippen molar-refractivity contribution in [3.8, 4) is 0 Å². The van der Waals surface area contributed by atoms with Crippen molar-refractivity contribution in [1.82, 2.24) is 0 Å². The van der Waals surface area contributed by atoms with E-state index >= 15 is 0 Å². The number of rotatable bonds is 5. The van der Waals surface area contributed by atoms with E-state index in [2.05, 4.69) is 21.1 Å². The van der Waals surface area contributed by atoms with Crippen LogP contribution in [0.2, 0.25) is 0 Å². The van der Waals surface area contributed by atoms with Crippen molar-refractivity contribution in [2.75, 3.05) is 0 Å². The minimum Gasteiger partial charge on any atom is -0.411 e. The van der Waals surface area contributed by atoms with Crippen LogP contribution in [0.5, 0.6) is 0 Å². The number of hydrogen-bond donors (Lipinski definition) is 2. The number of halogens is 1. The first-order chi connectivity index (χ1) is 10.6. The van der Waals surface area contributed by atoms with Crippen LogP contribution in [0.4, 0.5) is 0 Å². The second-order valence-corrected chi connectivity index (χ2v) is 5.60. The Balaban J connectivity index is 2.31. The fraction of sp³-hybridized carbons (Fsp3) is 0.0588. The standard InChI is InChI=1S/C17H15BrN2O2/c18-14-8-6-13(7-9-14)11-16(20-22)15(17(19)21)10-12-4-2-1-3-5-12/h1-10,22H,11H2,(H2,19,21)/b15-10-,20-16+. The molecule has 5 heteroatoms. The highest BCUT2D eigenvalue weighted by molar-refractivity contribution is 9.10. The van der Waals surface area contributed by atoms with Crippen LogP contribution in [0, 0.1) is 0 Å². The number of carbonyl (C=O) groups excluding carboxylic acids is 1. The molecule has 0 saturated carbocycles. The predicted molar refractivity (Wildman–Crippen MR) is 90.7 cm³/mol. The van der Waals surface area contributed by atoms with Gasteiger partial charge in [0.2, 0.25) is 0 Å². The van der Waals surface area contributed by atoms with Crippen LogP contribution in [-0.4, -0.2) is 16.8 Å². The van der Waals surface area contributed by atoms with Gasteiger partial charge in [0.25, 0.3) is 5.91 Å². The molecule has 0 saturated heterocycles. The summed E-state index contributed by atoms with van der Waals surface area (Å²) in [5.41, 5.74) is 7.58. The van der Waals surface area contributed by atoms with E-state index in [0.717, 1.165) is 15.6 Å². The monoisotopic (exact) mass is 358 g/mol. The predicted octanol–water partition coefficient (Wildman–Crippen LogP) is 3.39. The molecule has 0 aliphatic carbocycles. The van der Waals surface area contributed by atoms with Gasteiger partial charge in [-0.25, -0.2) is 0 Å². The average molecular weight is 359 g/mol. The van der Waals surface area contributed by atoms with Gasteiger partial charge in [-0.15, -0.1) is 0 Å². The molecule has 2 aromatic carbocycles. The van der Waals surface area contributed by atoms with Crippen molar-refractivity contribution >= 4 is 33.6 Å². The van der Waals surface area contributed by atoms with Gasteiger partial charge in [0, 0.05) is 10.9 Å². The molecular formula is C17H15BrN2O2. The van der Waals surface area contributed by atoms with Crippen molar-refractivity contribution in [3.63, 3.8) is 0 Å². The van der Waals surface area contributed by atoms with Crippen molar-refractivity contribution in [3.05, 3.63) is 75.8 Å². The summed E-state index contributed by atoms with van der Waals surface area (Å²) in [5.74, 6) is -0.631. The summed E-state index contributed by atoms with van der Waals surface area (Å²) in [7, 11) is 0. The zero-order valence-electron chi connectivity index (χ0n) is 11.7. The van der Waals surface area contributed by atoms with Crippen molar-refractivity contribution in [2.24, 2.45) is 10.9 Å². The molecule has 2 aromatic rings. The minimum atomic E-state index is -0.631. The highest BCUT2D eigenvalue weighted by Gasteiger charge is 2.15. The van der Waals surface area contributed by atoms with Gasteiger partial charge < -0.3 is 10.9 Å². The Morgan fingerprint density at radius 3 is 2.32 bits per heavy atom. The molecule has 22 heavy (non-hydrogen) atoms. The van der Waals surface area contributed by atoms with E-state index in [4.69, 9.17) is 5.73 Å². The van der Waals surface area contributed by atoms with Gasteiger partial charge in [0.05, 0.1) is 11.3 Å². The Kier molecular flexibility index (Phi) is 5.49. The quantitative estimate of drug-likeness (QED) is 0.372. The number of carbonyl (C=O) groups is 1. The van der Waals surface area contributed by atoms with Crippen molar-refractivity contribution < 1.29 is 10.0 Å². The molecular weight excluding hydrogens is 344 g/mol. The van der Waals surface area contributed by atoms with Crippen molar-refractivity contribution in [2.45, 2.75) is 6.42 Å². The first kappa shape index (κ1) is 16.0. The molecule has 112 valence electrons. The summed E-state index contributed by atoms with van der Waals surface area (Å²) in [5, 5.41) is 12.5. The van der Waals surface area contributed by atoms with Crippen LogP contribution in [0.25, 0.3) is 6.08 Å². The number of benzene rings is 2. The molecule has 0 aliphatic rings. The maximum Gasteiger partial charge on any atom is 0.250 e. The van der Waals surface area contributed by atoms with Crippen LogP contribution in [0.1, 0.15) is 11.1 Å². The van der Waals surface area contributed by atoms with Crippen LogP contribution < -0.4 is 5.73 Å². The maximum atomic E-state index is 11.7. The lowest BCUT2D eigenvalue weighted by molar-refractivity contribution is -0.114. The molecule has 1 amide bonds. The van der Waals surface area contributed by atoms with Gasteiger partial charge in [-0.1, -0.05) is 63.6 Å². The van der Waals surface area contributed by atoms with E-state index in [1.54, 1.807) is 6.08 Å². The molecule has 0 unspecified atom stereocenters. The topological polar surface area (TPSA) is 75.7 Å². The lowest BCUT2D eigenvalue weighted by Gasteiger charge is -2.07. The minimum absolute atomic E-state index is 0.191. The Morgan fingerprint density at radius 1 is 1.14 bits per heavy atom. The molecule has 4 nitrogen and oxygen atoms in total. The van der Waals surface area contributed by atoms with Gasteiger partial charge in [-0.2, -0.15) is 0 Å². The molecule has 0 spiro atoms. The average Bonchev–Trinajstić information content (AvgIpc) is 2.53. The van der Waals surface area contributed by atoms with Crippen molar-refractivity contribution in [1.29, 1.82) is 0 Å². The number of primary amides is 1. The SMILES string of the molecule is NC(=O)C(=C\c1ccccc1)/C(Cc1ccc(Br)cc1)=N/O. The van der Waals surface area contributed by atoms with Gasteiger partial charge in [0.1, 0.15) is 0 Å². The van der Waals surface area contributed by atoms with E-state index in [9.17, 15) is 10.0 Å². The molecule has 0 atom stereocenters. The maximum absolute atomic E-state index is 11.7. The van der Waals surface area contributed by atoms with Crippen LogP contribution in [-0.2, 0) is 11.2 Å². The van der Waals surface area contributed by atoms with Crippen LogP contribution in [0.3, 0.4) is 0 Å². The largest absolute Gasteiger partial charge is 0.411 e. The van der Waals surface area contributed by atoms with E-state index in [-0.39, 0.29) is 11.3 Å². The van der Waals surface area contributed by atoms with Crippen LogP contribution >= 0.6 is 15.9 Å². The summed E-state index contributed by atoms with van der Waals surface area (Å²) >= 11 is 3.36. The summed E-state index contributed by atoms with van der Waals surface area (Å²) in [6.45, 7) is 0. The molecule has 0 fully saturated rings. The van der Waals surface area contributed by atoms with E-state index in [0.29, 0.717) is 6.42 Å². The lowest BCUT2D eigenvalue weighted by Crippen LogP contribution is -2.22. The third-order valence-electron chi connectivity index (χ3n) is 3.09. The fourth-order valence-corrected chi connectivity index (χ4v) is 2.26. The van der Waals surface area contributed by atoms with Crippen LogP contribution in [0.15, 0.2) is 69.8 Å². The molecule has 0 radical (unpaired) electrons. The van der Waals surface area contributed by atoms with E-state index in [1.807, 2.05) is 54.6 Å². The number of amides is 1. The lowest BCUT2D eigenvalue weighted by atomic mass is 9.99. The first-order valence-electron chi connectivity index (χ1n) is 6.62. The Hall–Kier alpha value is -2.40. The Bertz CT molecular complexity index is 707. The molecule has 0 aromatic heterocycles. The Morgan fingerprint density at radius 2 is 1.77 bits per heavy atom. The molecule has 0 heterocycles. The zero-order chi connectivity index (χ0) is 15.9. The molecule has 3 N–H and O–H groups in total. The molecule has 0 aliphatic heterocycles. The normalized spacial score (nSPS) is 12.2. The highest BCUT2D eigenvalue weighted by atomic mass is 79.9. The number of nitrogens with two attached hydrogens (primary N) is 1. The first-order valence-corrected chi connectivity index (χ1v) is 7.41. The van der Waals surface area contributed by atoms with E-state index < -0.39 is 5.91 Å². The Labute approximate surface area is 137 Å². The second kappa shape index (κ2) is 7.56. The summed E-state index contributed by atoms with van der Waals surface area (Å²) in [6, 6.07) is 16.8. The third-order valence-corrected chi connectivity index (χ3v) is 3.62. The number of hydrogen-bond acceptors (Lipinski definition) is 3. The van der Waals surface area contributed by atoms with Gasteiger partial charge in [-0.05, 0) is 29.3 Å². The summed E-state index contributed by atoms with van der Waals surface area (Å²) in [4.78, 5) is 11.7. The third kappa shape index (κ3) is 4.30. The van der Waals surface area contributed by atoms with Gasteiger partial charge >= 0.3 is 0 Å².